The topological polar surface area (TPSA) is 76.0 Å². The Labute approximate surface area is 178 Å². The third kappa shape index (κ3) is 3.90. The Morgan fingerprint density at radius 1 is 1.03 bits per heavy atom. The molecule has 3 aromatic carbocycles. The van der Waals surface area contributed by atoms with Gasteiger partial charge in [-0.15, -0.1) is 0 Å². The van der Waals surface area contributed by atoms with Crippen molar-refractivity contribution in [1.29, 1.82) is 0 Å². The predicted octanol–water partition coefficient (Wildman–Crippen LogP) is 4.01. The molecule has 0 radical (unpaired) electrons. The average Bonchev–Trinajstić information content (AvgIpc) is 2.77. The molecule has 0 fully saturated rings. The van der Waals surface area contributed by atoms with Crippen molar-refractivity contribution >= 4 is 34.2 Å². The number of carbonyl (C=O) groups excluding carboxylic acids is 1. The summed E-state index contributed by atoms with van der Waals surface area (Å²) in [6.45, 7) is 0.417. The number of fused-ring (bicyclic) bond motifs is 1. The van der Waals surface area contributed by atoms with Crippen molar-refractivity contribution in [1.82, 2.24) is 14.9 Å². The van der Waals surface area contributed by atoms with Crippen LogP contribution in [0.2, 0.25) is 5.02 Å². The molecule has 6 nitrogen and oxygen atoms in total. The van der Waals surface area contributed by atoms with E-state index in [2.05, 4.69) is 15.6 Å². The maximum absolute atomic E-state index is 12.8. The van der Waals surface area contributed by atoms with E-state index in [9.17, 15) is 9.59 Å². The van der Waals surface area contributed by atoms with Gasteiger partial charge in [-0.2, -0.15) is 4.98 Å². The van der Waals surface area contributed by atoms with E-state index in [1.165, 1.54) is 4.57 Å². The highest BCUT2D eigenvalue weighted by atomic mass is 35.5. The highest BCUT2D eigenvalue weighted by molar-refractivity contribution is 6.31. The molecular weight excluding hydrogens is 400 g/mol. The molecule has 4 rings (SSSR count). The Morgan fingerprint density at radius 3 is 2.60 bits per heavy atom. The van der Waals surface area contributed by atoms with E-state index >= 15 is 0 Å². The van der Waals surface area contributed by atoms with Crippen molar-refractivity contribution in [3.63, 3.8) is 0 Å². The molecule has 0 spiro atoms. The monoisotopic (exact) mass is 418 g/mol. The molecule has 30 heavy (non-hydrogen) atoms. The van der Waals surface area contributed by atoms with E-state index in [-0.39, 0.29) is 5.91 Å². The van der Waals surface area contributed by atoms with Crippen LogP contribution in [0.15, 0.2) is 77.6 Å². The Kier molecular flexibility index (Phi) is 5.50. The second-order valence-corrected chi connectivity index (χ2v) is 7.14. The van der Waals surface area contributed by atoms with Gasteiger partial charge >= 0.3 is 5.69 Å². The third-order valence-corrected chi connectivity index (χ3v) is 4.99. The van der Waals surface area contributed by atoms with Crippen molar-refractivity contribution in [3.05, 3.63) is 99.4 Å². The van der Waals surface area contributed by atoms with Crippen LogP contribution in [0.4, 0.5) is 5.82 Å². The highest BCUT2D eigenvalue weighted by Gasteiger charge is 2.14. The quantitative estimate of drug-likeness (QED) is 0.513. The molecule has 0 saturated heterocycles. The first kappa shape index (κ1) is 19.7. The van der Waals surface area contributed by atoms with Gasteiger partial charge in [0.15, 0.2) is 0 Å². The van der Waals surface area contributed by atoms with Crippen LogP contribution in [-0.4, -0.2) is 22.5 Å². The zero-order chi connectivity index (χ0) is 21.1. The molecule has 0 unspecified atom stereocenters. The summed E-state index contributed by atoms with van der Waals surface area (Å²) >= 11 is 6.19. The van der Waals surface area contributed by atoms with E-state index in [1.54, 1.807) is 43.4 Å². The van der Waals surface area contributed by atoms with E-state index in [0.717, 1.165) is 10.9 Å². The van der Waals surface area contributed by atoms with Crippen molar-refractivity contribution in [2.45, 2.75) is 6.54 Å². The lowest BCUT2D eigenvalue weighted by Crippen LogP contribution is -2.25. The summed E-state index contributed by atoms with van der Waals surface area (Å²) in [4.78, 5) is 29.6. The van der Waals surface area contributed by atoms with Gasteiger partial charge in [-0.05, 0) is 42.0 Å². The molecule has 1 aromatic heterocycles. The number of amides is 1. The SMILES string of the molecule is CNc1nc(=O)n(-c2cccc(C(=O)NCc3ccccc3)c2)c2cc(Cl)ccc12. The first-order valence-electron chi connectivity index (χ1n) is 9.39. The Bertz CT molecular complexity index is 1290. The van der Waals surface area contributed by atoms with Gasteiger partial charge in [-0.25, -0.2) is 4.79 Å². The fourth-order valence-corrected chi connectivity index (χ4v) is 3.47. The molecule has 7 heteroatoms. The fourth-order valence-electron chi connectivity index (χ4n) is 3.31. The van der Waals surface area contributed by atoms with Gasteiger partial charge in [0, 0.05) is 29.6 Å². The lowest BCUT2D eigenvalue weighted by atomic mass is 10.1. The third-order valence-electron chi connectivity index (χ3n) is 4.75. The number of hydrogen-bond acceptors (Lipinski definition) is 4. The minimum Gasteiger partial charge on any atom is -0.372 e. The summed E-state index contributed by atoms with van der Waals surface area (Å²) in [6.07, 6.45) is 0. The second-order valence-electron chi connectivity index (χ2n) is 6.71. The van der Waals surface area contributed by atoms with Crippen molar-refractivity contribution in [2.75, 3.05) is 12.4 Å². The Hall–Kier alpha value is -3.64. The zero-order valence-electron chi connectivity index (χ0n) is 16.2. The molecule has 1 amide bonds. The molecule has 1 heterocycles. The maximum atomic E-state index is 12.8. The van der Waals surface area contributed by atoms with E-state index < -0.39 is 5.69 Å². The van der Waals surface area contributed by atoms with Crippen molar-refractivity contribution in [3.8, 4) is 5.69 Å². The number of aromatic nitrogens is 2. The number of carbonyl (C=O) groups is 1. The van der Waals surface area contributed by atoms with Gasteiger partial charge in [-0.3, -0.25) is 9.36 Å². The molecule has 4 aromatic rings. The molecule has 150 valence electrons. The van der Waals surface area contributed by atoms with Crippen LogP contribution in [0, 0.1) is 0 Å². The summed E-state index contributed by atoms with van der Waals surface area (Å²) in [6, 6.07) is 21.8. The molecule has 0 bridgehead atoms. The standard InChI is InChI=1S/C23H19ClN4O2/c1-25-21-19-11-10-17(24)13-20(19)28(23(30)27-21)18-9-5-8-16(12-18)22(29)26-14-15-6-3-2-4-7-15/h2-13H,14H2,1H3,(H,26,29)(H,25,27,30). The van der Waals surface area contributed by atoms with E-state index in [0.29, 0.717) is 34.2 Å². The van der Waals surface area contributed by atoms with Crippen LogP contribution in [0.5, 0.6) is 0 Å². The van der Waals surface area contributed by atoms with Crippen molar-refractivity contribution in [2.24, 2.45) is 0 Å². The molecule has 0 aliphatic heterocycles. The lowest BCUT2D eigenvalue weighted by molar-refractivity contribution is 0.0951. The smallest absolute Gasteiger partial charge is 0.354 e. The molecular formula is C23H19ClN4O2. The summed E-state index contributed by atoms with van der Waals surface area (Å²) in [7, 11) is 1.71. The van der Waals surface area contributed by atoms with Gasteiger partial charge in [0.1, 0.15) is 5.82 Å². The number of halogens is 1. The summed E-state index contributed by atoms with van der Waals surface area (Å²) in [5, 5.41) is 7.09. The van der Waals surface area contributed by atoms with Crippen molar-refractivity contribution < 1.29 is 4.79 Å². The van der Waals surface area contributed by atoms with Crippen LogP contribution < -0.4 is 16.3 Å². The van der Waals surface area contributed by atoms with E-state index in [4.69, 9.17) is 11.6 Å². The molecule has 0 saturated carbocycles. The summed E-state index contributed by atoms with van der Waals surface area (Å²) < 4.78 is 1.45. The van der Waals surface area contributed by atoms with Crippen LogP contribution in [0.25, 0.3) is 16.6 Å². The normalized spacial score (nSPS) is 10.7. The second kappa shape index (κ2) is 8.39. The molecule has 2 N–H and O–H groups in total. The predicted molar refractivity (Wildman–Crippen MR) is 120 cm³/mol. The van der Waals surface area contributed by atoms with Crippen LogP contribution in [-0.2, 0) is 6.54 Å². The average molecular weight is 419 g/mol. The van der Waals surface area contributed by atoms with Gasteiger partial charge in [0.25, 0.3) is 5.91 Å². The number of hydrogen-bond donors (Lipinski definition) is 2. The Morgan fingerprint density at radius 2 is 1.83 bits per heavy atom. The van der Waals surface area contributed by atoms with Gasteiger partial charge < -0.3 is 10.6 Å². The number of rotatable bonds is 5. The largest absolute Gasteiger partial charge is 0.372 e. The number of benzene rings is 3. The highest BCUT2D eigenvalue weighted by Crippen LogP contribution is 2.25. The van der Waals surface area contributed by atoms with Gasteiger partial charge in [-0.1, -0.05) is 48.0 Å². The number of nitrogens with zero attached hydrogens (tertiary/aromatic N) is 2. The zero-order valence-corrected chi connectivity index (χ0v) is 17.0. The van der Waals surface area contributed by atoms with E-state index in [1.807, 2.05) is 36.4 Å². The van der Waals surface area contributed by atoms with Crippen LogP contribution >= 0.6 is 11.6 Å². The Balaban J connectivity index is 1.73. The summed E-state index contributed by atoms with van der Waals surface area (Å²) in [5.74, 6) is 0.246. The van der Waals surface area contributed by atoms with Crippen LogP contribution in [0.1, 0.15) is 15.9 Å². The maximum Gasteiger partial charge on any atom is 0.354 e. The van der Waals surface area contributed by atoms with Gasteiger partial charge in [0.2, 0.25) is 0 Å². The number of anilines is 1. The van der Waals surface area contributed by atoms with Gasteiger partial charge in [0.05, 0.1) is 11.2 Å². The summed E-state index contributed by atoms with van der Waals surface area (Å²) in [5.41, 5.74) is 2.13. The lowest BCUT2D eigenvalue weighted by Gasteiger charge is -2.14. The molecule has 0 aliphatic rings. The molecule has 0 aliphatic carbocycles. The van der Waals surface area contributed by atoms with Crippen LogP contribution in [0.3, 0.4) is 0 Å². The first-order chi connectivity index (χ1) is 14.6. The minimum atomic E-state index is -0.462. The minimum absolute atomic E-state index is 0.226. The number of nitrogens with one attached hydrogen (secondary N) is 2. The fraction of sp³-hybridized carbons (Fsp3) is 0.0870. The molecule has 0 atom stereocenters. The first-order valence-corrected chi connectivity index (χ1v) is 9.77.